The van der Waals surface area contributed by atoms with Gasteiger partial charge in [-0.1, -0.05) is 18.5 Å². The maximum Gasteiger partial charge on any atom is 0.250 e. The van der Waals surface area contributed by atoms with Gasteiger partial charge >= 0.3 is 0 Å². The quantitative estimate of drug-likeness (QED) is 0.840. The van der Waals surface area contributed by atoms with Crippen LogP contribution in [0.25, 0.3) is 0 Å². The van der Waals surface area contributed by atoms with E-state index in [1.807, 2.05) is 6.92 Å². The van der Waals surface area contributed by atoms with Crippen LogP contribution >= 0.6 is 11.6 Å². The number of fused-ring (bicyclic) bond motifs is 1. The van der Waals surface area contributed by atoms with E-state index in [9.17, 15) is 9.59 Å². The SMILES string of the molecule is CCC1C(=O)N2CCCC2C(=O)N1c1ccc(Cl)cc1. The number of carbonyl (C=O) groups excluding carboxylic acids is 2. The molecule has 0 aromatic heterocycles. The van der Waals surface area contributed by atoms with Gasteiger partial charge in [0.15, 0.2) is 0 Å². The lowest BCUT2D eigenvalue weighted by atomic mass is 10.0. The number of nitrogens with zero attached hydrogens (tertiary/aromatic N) is 2. The molecule has 2 aliphatic rings. The van der Waals surface area contributed by atoms with Gasteiger partial charge in [0.1, 0.15) is 12.1 Å². The number of benzene rings is 1. The Balaban J connectivity index is 2.00. The van der Waals surface area contributed by atoms with Gasteiger partial charge in [0.05, 0.1) is 0 Å². The molecule has 0 radical (unpaired) electrons. The molecule has 3 rings (SSSR count). The van der Waals surface area contributed by atoms with Crippen molar-refractivity contribution in [1.29, 1.82) is 0 Å². The first-order valence-electron chi connectivity index (χ1n) is 7.02. The average molecular weight is 293 g/mol. The van der Waals surface area contributed by atoms with Crippen molar-refractivity contribution in [2.45, 2.75) is 38.3 Å². The molecule has 2 heterocycles. The Morgan fingerprint density at radius 1 is 1.20 bits per heavy atom. The van der Waals surface area contributed by atoms with Gasteiger partial charge in [-0.2, -0.15) is 0 Å². The van der Waals surface area contributed by atoms with Gasteiger partial charge in [0.2, 0.25) is 5.91 Å². The highest BCUT2D eigenvalue weighted by molar-refractivity contribution is 6.30. The Morgan fingerprint density at radius 2 is 1.90 bits per heavy atom. The molecule has 1 aromatic rings. The topological polar surface area (TPSA) is 40.6 Å². The minimum atomic E-state index is -0.391. The number of hydrogen-bond donors (Lipinski definition) is 0. The molecule has 106 valence electrons. The van der Waals surface area contributed by atoms with Crippen LogP contribution < -0.4 is 4.90 Å². The molecule has 2 amide bonds. The second-order valence-corrected chi connectivity index (χ2v) is 5.73. The molecular weight excluding hydrogens is 276 g/mol. The molecular formula is C15H17ClN2O2. The number of carbonyl (C=O) groups is 2. The van der Waals surface area contributed by atoms with E-state index in [4.69, 9.17) is 11.6 Å². The van der Waals surface area contributed by atoms with E-state index >= 15 is 0 Å². The summed E-state index contributed by atoms with van der Waals surface area (Å²) in [5.74, 6) is 0.112. The van der Waals surface area contributed by atoms with Crippen LogP contribution in [0.15, 0.2) is 24.3 Å². The molecule has 2 aliphatic heterocycles. The highest BCUT2D eigenvalue weighted by Gasteiger charge is 2.47. The fourth-order valence-electron chi connectivity index (χ4n) is 3.17. The largest absolute Gasteiger partial charge is 0.329 e. The summed E-state index contributed by atoms with van der Waals surface area (Å²) in [4.78, 5) is 28.7. The van der Waals surface area contributed by atoms with Crippen molar-refractivity contribution in [3.8, 4) is 0 Å². The van der Waals surface area contributed by atoms with Crippen LogP contribution in [-0.2, 0) is 9.59 Å². The Morgan fingerprint density at radius 3 is 2.55 bits per heavy atom. The van der Waals surface area contributed by atoms with Gasteiger partial charge in [-0.05, 0) is 43.5 Å². The smallest absolute Gasteiger partial charge is 0.250 e. The molecule has 0 bridgehead atoms. The van der Waals surface area contributed by atoms with E-state index in [0.717, 1.165) is 18.5 Å². The van der Waals surface area contributed by atoms with Gasteiger partial charge in [0, 0.05) is 17.3 Å². The second-order valence-electron chi connectivity index (χ2n) is 5.30. The first-order chi connectivity index (χ1) is 9.63. The second kappa shape index (κ2) is 5.09. The van der Waals surface area contributed by atoms with Gasteiger partial charge < -0.3 is 4.90 Å². The molecule has 0 N–H and O–H groups in total. The monoisotopic (exact) mass is 292 g/mol. The molecule has 2 saturated heterocycles. The Hall–Kier alpha value is -1.55. The molecule has 0 spiro atoms. The van der Waals surface area contributed by atoms with Crippen molar-refractivity contribution >= 4 is 29.1 Å². The normalized spacial score (nSPS) is 26.1. The number of amides is 2. The number of halogens is 1. The lowest BCUT2D eigenvalue weighted by Gasteiger charge is -2.42. The summed E-state index contributed by atoms with van der Waals surface area (Å²) in [6.07, 6.45) is 2.30. The summed E-state index contributed by atoms with van der Waals surface area (Å²) in [6.45, 7) is 2.65. The highest BCUT2D eigenvalue weighted by atomic mass is 35.5. The van der Waals surface area contributed by atoms with Gasteiger partial charge in [-0.3, -0.25) is 14.5 Å². The maximum absolute atomic E-state index is 12.7. The molecule has 1 aromatic carbocycles. The van der Waals surface area contributed by atoms with E-state index < -0.39 is 6.04 Å². The Kier molecular flexibility index (Phi) is 3.42. The fourth-order valence-corrected chi connectivity index (χ4v) is 3.30. The summed E-state index contributed by atoms with van der Waals surface area (Å²) in [6, 6.07) is 6.45. The molecule has 20 heavy (non-hydrogen) atoms. The molecule has 5 heteroatoms. The Bertz CT molecular complexity index is 543. The van der Waals surface area contributed by atoms with Crippen LogP contribution in [0.1, 0.15) is 26.2 Å². The van der Waals surface area contributed by atoms with E-state index in [-0.39, 0.29) is 17.9 Å². The first kappa shape index (κ1) is 13.4. The molecule has 2 fully saturated rings. The minimum Gasteiger partial charge on any atom is -0.329 e. The van der Waals surface area contributed by atoms with Crippen LogP contribution in [0, 0.1) is 0 Å². The predicted octanol–water partition coefficient (Wildman–Crippen LogP) is 2.46. The fraction of sp³-hybridized carbons (Fsp3) is 0.467. The molecule has 0 aliphatic carbocycles. The third-order valence-corrected chi connectivity index (χ3v) is 4.40. The zero-order chi connectivity index (χ0) is 14.3. The van der Waals surface area contributed by atoms with Crippen LogP contribution in [-0.4, -0.2) is 35.3 Å². The minimum absolute atomic E-state index is 0.0382. The van der Waals surface area contributed by atoms with Crippen molar-refractivity contribution in [2.75, 3.05) is 11.4 Å². The average Bonchev–Trinajstić information content (AvgIpc) is 2.94. The number of rotatable bonds is 2. The molecule has 2 unspecified atom stereocenters. The molecule has 4 nitrogen and oxygen atoms in total. The van der Waals surface area contributed by atoms with E-state index in [1.54, 1.807) is 34.1 Å². The number of hydrogen-bond acceptors (Lipinski definition) is 2. The van der Waals surface area contributed by atoms with Gasteiger partial charge in [-0.25, -0.2) is 0 Å². The summed E-state index contributed by atoms with van der Waals surface area (Å²) >= 11 is 5.90. The lowest BCUT2D eigenvalue weighted by Crippen LogP contribution is -2.62. The van der Waals surface area contributed by atoms with Gasteiger partial charge in [0.25, 0.3) is 5.91 Å². The summed E-state index contributed by atoms with van der Waals surface area (Å²) < 4.78 is 0. The van der Waals surface area contributed by atoms with Crippen LogP contribution in [0.2, 0.25) is 5.02 Å². The van der Waals surface area contributed by atoms with Crippen LogP contribution in [0.4, 0.5) is 5.69 Å². The number of anilines is 1. The zero-order valence-corrected chi connectivity index (χ0v) is 12.1. The Labute approximate surface area is 123 Å². The highest BCUT2D eigenvalue weighted by Crippen LogP contribution is 2.32. The van der Waals surface area contributed by atoms with E-state index in [2.05, 4.69) is 0 Å². The van der Waals surface area contributed by atoms with Crippen molar-refractivity contribution in [2.24, 2.45) is 0 Å². The molecule has 0 saturated carbocycles. The summed E-state index contributed by atoms with van der Waals surface area (Å²) in [5.41, 5.74) is 0.756. The zero-order valence-electron chi connectivity index (χ0n) is 11.4. The van der Waals surface area contributed by atoms with Crippen LogP contribution in [0.5, 0.6) is 0 Å². The standard InChI is InChI=1S/C15H17ClN2O2/c1-2-12-14(19)17-9-3-4-13(17)15(20)18(12)11-7-5-10(16)6-8-11/h5-8,12-13H,2-4,9H2,1H3. The predicted molar refractivity (Wildman–Crippen MR) is 77.8 cm³/mol. The van der Waals surface area contributed by atoms with Crippen molar-refractivity contribution in [3.63, 3.8) is 0 Å². The summed E-state index contributed by atoms with van der Waals surface area (Å²) in [5, 5.41) is 0.625. The van der Waals surface area contributed by atoms with E-state index in [0.29, 0.717) is 18.0 Å². The first-order valence-corrected chi connectivity index (χ1v) is 7.40. The third-order valence-electron chi connectivity index (χ3n) is 4.15. The van der Waals surface area contributed by atoms with Crippen molar-refractivity contribution in [1.82, 2.24) is 4.90 Å². The maximum atomic E-state index is 12.7. The number of piperazine rings is 1. The summed E-state index contributed by atoms with van der Waals surface area (Å²) in [7, 11) is 0. The van der Waals surface area contributed by atoms with Gasteiger partial charge in [-0.15, -0.1) is 0 Å². The lowest BCUT2D eigenvalue weighted by molar-refractivity contribution is -0.144. The van der Waals surface area contributed by atoms with Crippen molar-refractivity contribution < 1.29 is 9.59 Å². The molecule has 2 atom stereocenters. The third kappa shape index (κ3) is 1.99. The van der Waals surface area contributed by atoms with Crippen LogP contribution in [0.3, 0.4) is 0 Å². The van der Waals surface area contributed by atoms with E-state index in [1.165, 1.54) is 0 Å². The van der Waals surface area contributed by atoms with Crippen molar-refractivity contribution in [3.05, 3.63) is 29.3 Å².